The number of hydrogen-bond acceptors (Lipinski definition) is 1. The first kappa shape index (κ1) is 26.1. The van der Waals surface area contributed by atoms with Gasteiger partial charge in [0.2, 0.25) is 0 Å². The van der Waals surface area contributed by atoms with Crippen LogP contribution in [0.25, 0.3) is 98.4 Å². The van der Waals surface area contributed by atoms with E-state index in [4.69, 9.17) is 4.42 Å². The Labute approximate surface area is 271 Å². The minimum absolute atomic E-state index is 0.923. The molecule has 0 saturated heterocycles. The minimum atomic E-state index is 0.923. The van der Waals surface area contributed by atoms with Gasteiger partial charge in [0.15, 0.2) is 0 Å². The molecule has 0 radical (unpaired) electrons. The highest BCUT2D eigenvalue weighted by atomic mass is 16.3. The molecule has 0 fully saturated rings. The van der Waals surface area contributed by atoms with E-state index in [9.17, 15) is 0 Å². The molecule has 10 rings (SSSR count). The minimum Gasteiger partial charge on any atom is -0.455 e. The van der Waals surface area contributed by atoms with Crippen molar-refractivity contribution < 1.29 is 4.42 Å². The van der Waals surface area contributed by atoms with Crippen LogP contribution in [0.4, 0.5) is 0 Å². The van der Waals surface area contributed by atoms with Crippen LogP contribution in [-0.4, -0.2) is 0 Å². The Kier molecular flexibility index (Phi) is 5.64. The second kappa shape index (κ2) is 10.2. The lowest BCUT2D eigenvalue weighted by Gasteiger charge is -2.19. The number of rotatable bonds is 3. The molecule has 0 aliphatic rings. The Morgan fingerprint density at radius 2 is 0.787 bits per heavy atom. The second-order valence-electron chi connectivity index (χ2n) is 12.4. The fourth-order valence-electron chi connectivity index (χ4n) is 7.78. The number of fused-ring (bicyclic) bond motifs is 8. The first-order valence-corrected chi connectivity index (χ1v) is 16.2. The topological polar surface area (TPSA) is 13.1 Å². The third-order valence-electron chi connectivity index (χ3n) is 9.86. The molecule has 0 spiro atoms. The molecule has 1 heteroatoms. The predicted molar refractivity (Wildman–Crippen MR) is 200 cm³/mol. The Hall–Kier alpha value is -6.18. The Balaban J connectivity index is 1.18. The summed E-state index contributed by atoms with van der Waals surface area (Å²) >= 11 is 0. The maximum absolute atomic E-state index is 6.56. The summed E-state index contributed by atoms with van der Waals surface area (Å²) in [6, 6.07) is 61.5. The maximum atomic E-state index is 6.56. The van der Waals surface area contributed by atoms with Gasteiger partial charge in [-0.3, -0.25) is 0 Å². The van der Waals surface area contributed by atoms with Gasteiger partial charge in [0.1, 0.15) is 11.2 Å². The standard InChI is InChI=1S/C46H28O/c1-3-14-33-29(11-1)13-9-21-36(33)44-39-18-7-5-16-37(39)43(38-17-6-8-19-40(38)44)32-25-23-31(24-26-32)35-20-10-22-41-45-34-15-4-2-12-30(34)27-28-42(45)47-46(35)41/h1-28H. The average molecular weight is 597 g/mol. The van der Waals surface area contributed by atoms with Crippen LogP contribution >= 0.6 is 0 Å². The quantitative estimate of drug-likeness (QED) is 0.185. The van der Waals surface area contributed by atoms with Crippen molar-refractivity contribution in [2.24, 2.45) is 0 Å². The molecule has 10 aromatic rings. The maximum Gasteiger partial charge on any atom is 0.143 e. The van der Waals surface area contributed by atoms with Crippen LogP contribution < -0.4 is 0 Å². The predicted octanol–water partition coefficient (Wildman–Crippen LogP) is 13.2. The number of benzene rings is 9. The number of para-hydroxylation sites is 1. The van der Waals surface area contributed by atoms with Crippen molar-refractivity contribution >= 4 is 65.0 Å². The van der Waals surface area contributed by atoms with E-state index in [1.165, 1.54) is 70.7 Å². The molecule has 0 atom stereocenters. The fraction of sp³-hybridized carbons (Fsp3) is 0. The van der Waals surface area contributed by atoms with Gasteiger partial charge in [-0.05, 0) is 77.0 Å². The third kappa shape index (κ3) is 3.90. The summed E-state index contributed by atoms with van der Waals surface area (Å²) in [6.45, 7) is 0. The molecule has 1 heterocycles. The van der Waals surface area contributed by atoms with Gasteiger partial charge in [0, 0.05) is 16.3 Å². The van der Waals surface area contributed by atoms with Crippen molar-refractivity contribution in [2.45, 2.75) is 0 Å². The lowest BCUT2D eigenvalue weighted by molar-refractivity contribution is 0.670. The van der Waals surface area contributed by atoms with Crippen LogP contribution in [0, 0.1) is 0 Å². The molecule has 0 unspecified atom stereocenters. The van der Waals surface area contributed by atoms with E-state index in [1.807, 2.05) is 0 Å². The molecular weight excluding hydrogens is 569 g/mol. The molecule has 0 saturated carbocycles. The number of hydrogen-bond donors (Lipinski definition) is 0. The van der Waals surface area contributed by atoms with E-state index in [0.29, 0.717) is 0 Å². The van der Waals surface area contributed by atoms with Crippen LogP contribution in [0.1, 0.15) is 0 Å². The zero-order valence-electron chi connectivity index (χ0n) is 25.6. The third-order valence-corrected chi connectivity index (χ3v) is 9.86. The van der Waals surface area contributed by atoms with Gasteiger partial charge in [-0.15, -0.1) is 0 Å². The lowest BCUT2D eigenvalue weighted by Crippen LogP contribution is -1.91. The van der Waals surface area contributed by atoms with Gasteiger partial charge in [0.05, 0.1) is 0 Å². The highest BCUT2D eigenvalue weighted by molar-refractivity contribution is 6.24. The largest absolute Gasteiger partial charge is 0.455 e. The second-order valence-corrected chi connectivity index (χ2v) is 12.4. The van der Waals surface area contributed by atoms with Crippen LogP contribution in [0.5, 0.6) is 0 Å². The Morgan fingerprint density at radius 1 is 0.298 bits per heavy atom. The van der Waals surface area contributed by atoms with Gasteiger partial charge < -0.3 is 4.42 Å². The Morgan fingerprint density at radius 3 is 1.49 bits per heavy atom. The van der Waals surface area contributed by atoms with Crippen molar-refractivity contribution in [2.75, 3.05) is 0 Å². The van der Waals surface area contributed by atoms with Crippen molar-refractivity contribution in [3.8, 4) is 33.4 Å². The zero-order valence-corrected chi connectivity index (χ0v) is 25.6. The van der Waals surface area contributed by atoms with Crippen LogP contribution in [-0.2, 0) is 0 Å². The molecule has 1 nitrogen and oxygen atoms in total. The smallest absolute Gasteiger partial charge is 0.143 e. The van der Waals surface area contributed by atoms with Crippen LogP contribution in [0.15, 0.2) is 174 Å². The van der Waals surface area contributed by atoms with Crippen molar-refractivity contribution in [1.29, 1.82) is 0 Å². The first-order valence-electron chi connectivity index (χ1n) is 16.2. The normalized spacial score (nSPS) is 11.8. The van der Waals surface area contributed by atoms with Gasteiger partial charge in [-0.2, -0.15) is 0 Å². The summed E-state index contributed by atoms with van der Waals surface area (Å²) in [5, 5.41) is 12.4. The van der Waals surface area contributed by atoms with Crippen molar-refractivity contribution in [1.82, 2.24) is 0 Å². The van der Waals surface area contributed by atoms with Gasteiger partial charge in [-0.1, -0.05) is 164 Å². The Bertz CT molecular complexity index is 2770. The monoisotopic (exact) mass is 596 g/mol. The van der Waals surface area contributed by atoms with Crippen LogP contribution in [0.2, 0.25) is 0 Å². The summed E-state index contributed by atoms with van der Waals surface area (Å²) in [7, 11) is 0. The molecule has 47 heavy (non-hydrogen) atoms. The van der Waals surface area contributed by atoms with Crippen molar-refractivity contribution in [3.63, 3.8) is 0 Å². The SMILES string of the molecule is c1ccc2c(-c3c4ccccc4c(-c4ccc(-c5cccc6c5oc5ccc7ccccc7c56)cc4)c4ccccc34)cccc2c1. The lowest BCUT2D eigenvalue weighted by atomic mass is 9.84. The van der Waals surface area contributed by atoms with Gasteiger partial charge in [-0.25, -0.2) is 0 Å². The molecule has 218 valence electrons. The molecular formula is C46H28O. The highest BCUT2D eigenvalue weighted by Gasteiger charge is 2.19. The van der Waals surface area contributed by atoms with E-state index in [0.717, 1.165) is 27.7 Å². The summed E-state index contributed by atoms with van der Waals surface area (Å²) in [5.74, 6) is 0. The molecule has 0 aliphatic heterocycles. The summed E-state index contributed by atoms with van der Waals surface area (Å²) in [4.78, 5) is 0. The molecule has 0 bridgehead atoms. The van der Waals surface area contributed by atoms with E-state index >= 15 is 0 Å². The van der Waals surface area contributed by atoms with E-state index in [-0.39, 0.29) is 0 Å². The van der Waals surface area contributed by atoms with Gasteiger partial charge in [0.25, 0.3) is 0 Å². The van der Waals surface area contributed by atoms with E-state index in [2.05, 4.69) is 170 Å². The zero-order chi connectivity index (χ0) is 30.9. The summed E-state index contributed by atoms with van der Waals surface area (Å²) in [5.41, 5.74) is 9.13. The van der Waals surface area contributed by atoms with Crippen LogP contribution in [0.3, 0.4) is 0 Å². The molecule has 0 aliphatic carbocycles. The van der Waals surface area contributed by atoms with E-state index in [1.54, 1.807) is 0 Å². The molecule has 9 aromatic carbocycles. The first-order chi connectivity index (χ1) is 23.3. The number of furan rings is 1. The van der Waals surface area contributed by atoms with Gasteiger partial charge >= 0.3 is 0 Å². The molecule has 0 amide bonds. The fourth-order valence-corrected chi connectivity index (χ4v) is 7.78. The van der Waals surface area contributed by atoms with E-state index < -0.39 is 0 Å². The van der Waals surface area contributed by atoms with Crippen molar-refractivity contribution in [3.05, 3.63) is 170 Å². The summed E-state index contributed by atoms with van der Waals surface area (Å²) < 4.78 is 6.56. The average Bonchev–Trinajstić information content (AvgIpc) is 3.53. The molecule has 1 aromatic heterocycles. The molecule has 0 N–H and O–H groups in total. The highest BCUT2D eigenvalue weighted by Crippen LogP contribution is 2.46. The summed E-state index contributed by atoms with van der Waals surface area (Å²) in [6.07, 6.45) is 0.